The van der Waals surface area contributed by atoms with Crippen LogP contribution < -0.4 is 20.1 Å². The Morgan fingerprint density at radius 1 is 1.12 bits per heavy atom. The lowest BCUT2D eigenvalue weighted by Gasteiger charge is -2.12. The predicted molar refractivity (Wildman–Crippen MR) is 94.3 cm³/mol. The number of amides is 2. The summed E-state index contributed by atoms with van der Waals surface area (Å²) in [6.07, 6.45) is 1.43. The third-order valence-corrected chi connectivity index (χ3v) is 3.30. The van der Waals surface area contributed by atoms with Crippen LogP contribution in [0.1, 0.15) is 34.6 Å². The van der Waals surface area contributed by atoms with Crippen LogP contribution in [0.3, 0.4) is 0 Å². The molecule has 0 spiro atoms. The second-order valence-electron chi connectivity index (χ2n) is 5.50. The van der Waals surface area contributed by atoms with Crippen LogP contribution in [0.4, 0.5) is 5.69 Å². The molecule has 1 aromatic heterocycles. The summed E-state index contributed by atoms with van der Waals surface area (Å²) in [6, 6.07) is 8.09. The smallest absolute Gasteiger partial charge is 0.257 e. The minimum absolute atomic E-state index is 0.00147. The Hall–Kier alpha value is -3.09. The molecule has 0 atom stereocenters. The average Bonchev–Trinajstić information content (AvgIpc) is 2.61. The summed E-state index contributed by atoms with van der Waals surface area (Å²) >= 11 is 0. The Labute approximate surface area is 146 Å². The SMILES string of the molecule is CNC(=O)c1cc(OC)ccc1NC(=O)c1ccc(OC(C)C)nc1. The van der Waals surface area contributed by atoms with Crippen molar-refractivity contribution >= 4 is 17.5 Å². The van der Waals surface area contributed by atoms with Gasteiger partial charge in [-0.25, -0.2) is 4.98 Å². The molecule has 7 nitrogen and oxygen atoms in total. The fraction of sp³-hybridized carbons (Fsp3) is 0.278. The van der Waals surface area contributed by atoms with E-state index in [-0.39, 0.29) is 17.9 Å². The van der Waals surface area contributed by atoms with Gasteiger partial charge < -0.3 is 20.1 Å². The highest BCUT2D eigenvalue weighted by molar-refractivity contribution is 6.09. The largest absolute Gasteiger partial charge is 0.497 e. The van der Waals surface area contributed by atoms with Crippen molar-refractivity contribution in [2.24, 2.45) is 0 Å². The van der Waals surface area contributed by atoms with Gasteiger partial charge in [0.1, 0.15) is 5.75 Å². The first-order valence-corrected chi connectivity index (χ1v) is 7.78. The minimum atomic E-state index is -0.376. The lowest BCUT2D eigenvalue weighted by Crippen LogP contribution is -2.21. The number of hydrogen-bond donors (Lipinski definition) is 2. The van der Waals surface area contributed by atoms with Crippen LogP contribution >= 0.6 is 0 Å². The van der Waals surface area contributed by atoms with Gasteiger partial charge in [-0.05, 0) is 38.1 Å². The van der Waals surface area contributed by atoms with Gasteiger partial charge in [-0.2, -0.15) is 0 Å². The zero-order valence-electron chi connectivity index (χ0n) is 14.6. The van der Waals surface area contributed by atoms with Crippen LogP contribution in [0.2, 0.25) is 0 Å². The molecular weight excluding hydrogens is 322 g/mol. The Kier molecular flexibility index (Phi) is 5.94. The van der Waals surface area contributed by atoms with E-state index in [9.17, 15) is 9.59 Å². The van der Waals surface area contributed by atoms with Crippen molar-refractivity contribution in [3.05, 3.63) is 47.7 Å². The number of ether oxygens (including phenoxy) is 2. The number of nitrogens with zero attached hydrogens (tertiary/aromatic N) is 1. The van der Waals surface area contributed by atoms with E-state index in [0.717, 1.165) is 0 Å². The van der Waals surface area contributed by atoms with Gasteiger partial charge in [0.25, 0.3) is 11.8 Å². The molecule has 0 fully saturated rings. The maximum atomic E-state index is 12.4. The first-order chi connectivity index (χ1) is 11.9. The van der Waals surface area contributed by atoms with Crippen molar-refractivity contribution in [1.82, 2.24) is 10.3 Å². The topological polar surface area (TPSA) is 89.6 Å². The molecule has 7 heteroatoms. The molecule has 0 aliphatic carbocycles. The van der Waals surface area contributed by atoms with Crippen molar-refractivity contribution in [3.63, 3.8) is 0 Å². The predicted octanol–water partition coefficient (Wildman–Crippen LogP) is 2.49. The summed E-state index contributed by atoms with van der Waals surface area (Å²) in [5.74, 6) is 0.266. The Morgan fingerprint density at radius 2 is 1.88 bits per heavy atom. The van der Waals surface area contributed by atoms with Crippen LogP contribution in [0, 0.1) is 0 Å². The first-order valence-electron chi connectivity index (χ1n) is 7.78. The van der Waals surface area contributed by atoms with Crippen molar-refractivity contribution in [2.75, 3.05) is 19.5 Å². The van der Waals surface area contributed by atoms with Crippen molar-refractivity contribution < 1.29 is 19.1 Å². The number of hydrogen-bond acceptors (Lipinski definition) is 5. The Morgan fingerprint density at radius 3 is 2.44 bits per heavy atom. The molecule has 1 aromatic carbocycles. The minimum Gasteiger partial charge on any atom is -0.497 e. The molecule has 0 bridgehead atoms. The van der Waals surface area contributed by atoms with Crippen LogP contribution in [0.15, 0.2) is 36.5 Å². The molecular formula is C18H21N3O4. The monoisotopic (exact) mass is 343 g/mol. The van der Waals surface area contributed by atoms with Gasteiger partial charge in [0.15, 0.2) is 0 Å². The van der Waals surface area contributed by atoms with Gasteiger partial charge in [0.05, 0.1) is 30.0 Å². The molecule has 2 amide bonds. The molecule has 25 heavy (non-hydrogen) atoms. The number of carbonyl (C=O) groups excluding carboxylic acids is 2. The van der Waals surface area contributed by atoms with E-state index >= 15 is 0 Å². The third-order valence-electron chi connectivity index (χ3n) is 3.30. The molecule has 2 aromatic rings. The number of benzene rings is 1. The third kappa shape index (κ3) is 4.69. The van der Waals surface area contributed by atoms with Gasteiger partial charge in [0.2, 0.25) is 5.88 Å². The highest BCUT2D eigenvalue weighted by Gasteiger charge is 2.15. The lowest BCUT2D eigenvalue weighted by atomic mass is 10.1. The first kappa shape index (κ1) is 18.3. The van der Waals surface area contributed by atoms with E-state index < -0.39 is 0 Å². The fourth-order valence-electron chi connectivity index (χ4n) is 2.10. The number of carbonyl (C=O) groups is 2. The van der Waals surface area contributed by atoms with Crippen molar-refractivity contribution in [1.29, 1.82) is 0 Å². The van der Waals surface area contributed by atoms with E-state index in [1.807, 2.05) is 13.8 Å². The van der Waals surface area contributed by atoms with Crippen molar-refractivity contribution in [3.8, 4) is 11.6 Å². The Balaban J connectivity index is 2.21. The summed E-state index contributed by atoms with van der Waals surface area (Å²) in [5.41, 5.74) is 1.05. The average molecular weight is 343 g/mol. The number of pyridine rings is 1. The number of anilines is 1. The molecule has 0 saturated heterocycles. The molecule has 2 N–H and O–H groups in total. The number of nitrogens with one attached hydrogen (secondary N) is 2. The zero-order valence-corrected chi connectivity index (χ0v) is 14.6. The Bertz CT molecular complexity index is 757. The van der Waals surface area contributed by atoms with Crippen LogP contribution in [-0.4, -0.2) is 37.1 Å². The molecule has 0 aliphatic rings. The van der Waals surface area contributed by atoms with E-state index in [1.165, 1.54) is 20.4 Å². The maximum absolute atomic E-state index is 12.4. The van der Waals surface area contributed by atoms with Gasteiger partial charge in [-0.3, -0.25) is 9.59 Å². The molecule has 1 heterocycles. The van der Waals surface area contributed by atoms with E-state index in [4.69, 9.17) is 9.47 Å². The number of rotatable bonds is 6. The standard InChI is InChI=1S/C18H21N3O4/c1-11(2)25-16-8-5-12(10-20-16)17(22)21-15-7-6-13(24-4)9-14(15)18(23)19-3/h5-11H,1-4H3,(H,19,23)(H,21,22). The van der Waals surface area contributed by atoms with E-state index in [1.54, 1.807) is 30.3 Å². The molecule has 0 saturated carbocycles. The van der Waals surface area contributed by atoms with E-state index in [2.05, 4.69) is 15.6 Å². The molecule has 0 aliphatic heterocycles. The van der Waals surface area contributed by atoms with Gasteiger partial charge in [-0.1, -0.05) is 0 Å². The second-order valence-corrected chi connectivity index (χ2v) is 5.50. The van der Waals surface area contributed by atoms with Gasteiger partial charge >= 0.3 is 0 Å². The molecule has 132 valence electrons. The molecule has 0 unspecified atom stereocenters. The maximum Gasteiger partial charge on any atom is 0.257 e. The van der Waals surface area contributed by atoms with E-state index in [0.29, 0.717) is 28.4 Å². The highest BCUT2D eigenvalue weighted by atomic mass is 16.5. The summed E-state index contributed by atoms with van der Waals surface area (Å²) in [6.45, 7) is 3.79. The lowest BCUT2D eigenvalue weighted by molar-refractivity contribution is 0.0963. The molecule has 2 rings (SSSR count). The van der Waals surface area contributed by atoms with Crippen LogP contribution in [-0.2, 0) is 0 Å². The fourth-order valence-corrected chi connectivity index (χ4v) is 2.10. The summed E-state index contributed by atoms with van der Waals surface area (Å²) in [7, 11) is 3.03. The zero-order chi connectivity index (χ0) is 18.4. The van der Waals surface area contributed by atoms with Crippen molar-refractivity contribution in [2.45, 2.75) is 20.0 Å². The van der Waals surface area contributed by atoms with Crippen LogP contribution in [0.5, 0.6) is 11.6 Å². The van der Waals surface area contributed by atoms with Crippen LogP contribution in [0.25, 0.3) is 0 Å². The summed E-state index contributed by atoms with van der Waals surface area (Å²) in [5, 5.41) is 5.25. The van der Waals surface area contributed by atoms with Gasteiger partial charge in [-0.15, -0.1) is 0 Å². The number of aromatic nitrogens is 1. The summed E-state index contributed by atoms with van der Waals surface area (Å²) in [4.78, 5) is 28.5. The quantitative estimate of drug-likeness (QED) is 0.841. The highest BCUT2D eigenvalue weighted by Crippen LogP contribution is 2.23. The second kappa shape index (κ2) is 8.14. The van der Waals surface area contributed by atoms with Gasteiger partial charge in [0, 0.05) is 19.3 Å². The molecule has 0 radical (unpaired) electrons. The summed E-state index contributed by atoms with van der Waals surface area (Å²) < 4.78 is 10.6. The number of methoxy groups -OCH3 is 1. The normalized spacial score (nSPS) is 10.3.